The van der Waals surface area contributed by atoms with Crippen LogP contribution in [0.2, 0.25) is 0 Å². The Kier molecular flexibility index (Phi) is 6.20. The van der Waals surface area contributed by atoms with Crippen LogP contribution in [-0.2, 0) is 17.8 Å². The maximum Gasteiger partial charge on any atom is 0.224 e. The molecule has 114 valence electrons. The molecular formula is C15H28N4O. The first-order chi connectivity index (χ1) is 9.31. The van der Waals surface area contributed by atoms with Crippen molar-refractivity contribution >= 4 is 5.91 Å². The number of aryl methyl sites for hydroxylation is 1. The maximum absolute atomic E-state index is 11.9. The zero-order chi connectivity index (χ0) is 15.3. The van der Waals surface area contributed by atoms with Crippen molar-refractivity contribution in [2.24, 2.45) is 11.7 Å². The molecule has 3 N–H and O–H groups in total. The molecule has 20 heavy (non-hydrogen) atoms. The van der Waals surface area contributed by atoms with E-state index in [1.807, 2.05) is 25.5 Å². The van der Waals surface area contributed by atoms with Crippen molar-refractivity contribution in [2.75, 3.05) is 6.54 Å². The van der Waals surface area contributed by atoms with Crippen molar-refractivity contribution in [1.29, 1.82) is 0 Å². The Morgan fingerprint density at radius 1 is 1.35 bits per heavy atom. The van der Waals surface area contributed by atoms with Crippen LogP contribution in [0.1, 0.15) is 44.1 Å². The van der Waals surface area contributed by atoms with E-state index in [-0.39, 0.29) is 11.9 Å². The van der Waals surface area contributed by atoms with Crippen molar-refractivity contribution in [3.05, 3.63) is 17.0 Å². The summed E-state index contributed by atoms with van der Waals surface area (Å²) >= 11 is 0. The number of nitrogens with two attached hydrogens (primary N) is 1. The molecule has 0 fully saturated rings. The molecule has 0 radical (unpaired) electrons. The second-order valence-electron chi connectivity index (χ2n) is 6.02. The predicted molar refractivity (Wildman–Crippen MR) is 81.5 cm³/mol. The SMILES string of the molecule is Cc1nn(CC(C)C)c(C)c1CC(=O)NCCC(C)N. The topological polar surface area (TPSA) is 72.9 Å². The number of carbonyl (C=O) groups excluding carboxylic acids is 1. The highest BCUT2D eigenvalue weighted by Crippen LogP contribution is 2.15. The maximum atomic E-state index is 11.9. The molecule has 1 aromatic rings. The van der Waals surface area contributed by atoms with Crippen LogP contribution >= 0.6 is 0 Å². The van der Waals surface area contributed by atoms with E-state index in [1.54, 1.807) is 0 Å². The van der Waals surface area contributed by atoms with Gasteiger partial charge in [-0.3, -0.25) is 9.48 Å². The Hall–Kier alpha value is -1.36. The van der Waals surface area contributed by atoms with Crippen LogP contribution in [0.3, 0.4) is 0 Å². The first kappa shape index (κ1) is 16.7. The molecule has 1 unspecified atom stereocenters. The van der Waals surface area contributed by atoms with Gasteiger partial charge in [0.15, 0.2) is 0 Å². The van der Waals surface area contributed by atoms with E-state index < -0.39 is 0 Å². The van der Waals surface area contributed by atoms with E-state index in [9.17, 15) is 4.79 Å². The van der Waals surface area contributed by atoms with Crippen LogP contribution in [0, 0.1) is 19.8 Å². The lowest BCUT2D eigenvalue weighted by Crippen LogP contribution is -2.30. The Bertz CT molecular complexity index is 449. The van der Waals surface area contributed by atoms with Crippen molar-refractivity contribution in [3.63, 3.8) is 0 Å². The highest BCUT2D eigenvalue weighted by atomic mass is 16.1. The fourth-order valence-corrected chi connectivity index (χ4v) is 2.18. The molecule has 1 rings (SSSR count). The summed E-state index contributed by atoms with van der Waals surface area (Å²) in [7, 11) is 0. The lowest BCUT2D eigenvalue weighted by atomic mass is 10.1. The van der Waals surface area contributed by atoms with Crippen LogP contribution < -0.4 is 11.1 Å². The second kappa shape index (κ2) is 7.43. The van der Waals surface area contributed by atoms with Crippen molar-refractivity contribution in [2.45, 2.75) is 60.0 Å². The molecule has 5 heteroatoms. The number of amides is 1. The van der Waals surface area contributed by atoms with Crippen LogP contribution in [0.15, 0.2) is 0 Å². The van der Waals surface area contributed by atoms with E-state index in [0.717, 1.165) is 29.9 Å². The van der Waals surface area contributed by atoms with E-state index in [1.165, 1.54) is 0 Å². The monoisotopic (exact) mass is 280 g/mol. The molecule has 1 amide bonds. The van der Waals surface area contributed by atoms with Gasteiger partial charge in [0.05, 0.1) is 12.1 Å². The van der Waals surface area contributed by atoms with Gasteiger partial charge in [-0.15, -0.1) is 0 Å². The van der Waals surface area contributed by atoms with Crippen LogP contribution in [0.25, 0.3) is 0 Å². The number of rotatable bonds is 7. The number of aromatic nitrogens is 2. The van der Waals surface area contributed by atoms with Crippen molar-refractivity contribution in [1.82, 2.24) is 15.1 Å². The third-order valence-corrected chi connectivity index (χ3v) is 3.33. The first-order valence-electron chi connectivity index (χ1n) is 7.36. The molecule has 0 saturated heterocycles. The summed E-state index contributed by atoms with van der Waals surface area (Å²) < 4.78 is 2.00. The normalized spacial score (nSPS) is 12.8. The molecule has 0 aliphatic heterocycles. The lowest BCUT2D eigenvalue weighted by molar-refractivity contribution is -0.120. The second-order valence-corrected chi connectivity index (χ2v) is 6.02. The smallest absolute Gasteiger partial charge is 0.224 e. The van der Waals surface area contributed by atoms with E-state index >= 15 is 0 Å². The Morgan fingerprint density at radius 3 is 2.55 bits per heavy atom. The molecule has 1 aromatic heterocycles. The molecule has 1 heterocycles. The highest BCUT2D eigenvalue weighted by Gasteiger charge is 2.15. The summed E-state index contributed by atoms with van der Waals surface area (Å²) in [5, 5.41) is 7.44. The highest BCUT2D eigenvalue weighted by molar-refractivity contribution is 5.79. The summed E-state index contributed by atoms with van der Waals surface area (Å²) in [4.78, 5) is 11.9. The number of hydrogen-bond acceptors (Lipinski definition) is 3. The molecule has 0 saturated carbocycles. The van der Waals surface area contributed by atoms with Crippen LogP contribution in [0.4, 0.5) is 0 Å². The summed E-state index contributed by atoms with van der Waals surface area (Å²) in [6.45, 7) is 11.8. The number of hydrogen-bond donors (Lipinski definition) is 2. The van der Waals surface area contributed by atoms with Gasteiger partial charge in [0.2, 0.25) is 5.91 Å². The van der Waals surface area contributed by atoms with Gasteiger partial charge < -0.3 is 11.1 Å². The van der Waals surface area contributed by atoms with Gasteiger partial charge in [0.25, 0.3) is 0 Å². The molecule has 0 aromatic carbocycles. The molecule has 1 atom stereocenters. The number of nitrogens with zero attached hydrogens (tertiary/aromatic N) is 2. The standard InChI is InChI=1S/C15H28N4O/c1-10(2)9-19-13(5)14(12(4)18-19)8-15(20)17-7-6-11(3)16/h10-11H,6-9,16H2,1-5H3,(H,17,20). The minimum Gasteiger partial charge on any atom is -0.356 e. The van der Waals surface area contributed by atoms with Crippen molar-refractivity contribution in [3.8, 4) is 0 Å². The summed E-state index contributed by atoms with van der Waals surface area (Å²) in [5.74, 6) is 0.585. The third-order valence-electron chi connectivity index (χ3n) is 3.33. The Morgan fingerprint density at radius 2 is 2.00 bits per heavy atom. The van der Waals surface area contributed by atoms with Gasteiger partial charge in [-0.25, -0.2) is 0 Å². The van der Waals surface area contributed by atoms with E-state index in [2.05, 4.69) is 24.3 Å². The Labute approximate surface area is 121 Å². The molecule has 0 aliphatic carbocycles. The minimum absolute atomic E-state index is 0.0425. The summed E-state index contributed by atoms with van der Waals surface area (Å²) in [6, 6.07) is 0.118. The zero-order valence-corrected chi connectivity index (χ0v) is 13.4. The molecule has 0 spiro atoms. The largest absolute Gasteiger partial charge is 0.356 e. The minimum atomic E-state index is 0.0425. The van der Waals surface area contributed by atoms with Gasteiger partial charge in [0.1, 0.15) is 0 Å². The third kappa shape index (κ3) is 4.96. The van der Waals surface area contributed by atoms with Crippen LogP contribution in [-0.4, -0.2) is 28.3 Å². The molecule has 0 aliphatic rings. The fraction of sp³-hybridized carbons (Fsp3) is 0.733. The quantitative estimate of drug-likeness (QED) is 0.796. The lowest BCUT2D eigenvalue weighted by Gasteiger charge is -2.09. The van der Waals surface area contributed by atoms with Gasteiger partial charge in [-0.1, -0.05) is 13.8 Å². The number of nitrogens with one attached hydrogen (secondary N) is 1. The van der Waals surface area contributed by atoms with E-state index in [0.29, 0.717) is 18.9 Å². The van der Waals surface area contributed by atoms with Gasteiger partial charge in [0, 0.05) is 30.4 Å². The average molecular weight is 280 g/mol. The number of carbonyl (C=O) groups is 1. The van der Waals surface area contributed by atoms with Crippen LogP contribution in [0.5, 0.6) is 0 Å². The molecular weight excluding hydrogens is 252 g/mol. The van der Waals surface area contributed by atoms with Gasteiger partial charge >= 0.3 is 0 Å². The van der Waals surface area contributed by atoms with Gasteiger partial charge in [-0.05, 0) is 33.1 Å². The zero-order valence-electron chi connectivity index (χ0n) is 13.4. The fourth-order valence-electron chi connectivity index (χ4n) is 2.18. The van der Waals surface area contributed by atoms with Gasteiger partial charge in [-0.2, -0.15) is 5.10 Å². The molecule has 5 nitrogen and oxygen atoms in total. The first-order valence-corrected chi connectivity index (χ1v) is 7.36. The average Bonchev–Trinajstić information content (AvgIpc) is 2.55. The van der Waals surface area contributed by atoms with E-state index in [4.69, 9.17) is 5.73 Å². The van der Waals surface area contributed by atoms with Crippen molar-refractivity contribution < 1.29 is 4.79 Å². The Balaban J connectivity index is 2.63. The summed E-state index contributed by atoms with van der Waals surface area (Å²) in [5.41, 5.74) is 8.76. The predicted octanol–water partition coefficient (Wildman–Crippen LogP) is 1.55. The molecule has 0 bridgehead atoms. The summed E-state index contributed by atoms with van der Waals surface area (Å²) in [6.07, 6.45) is 1.20.